The van der Waals surface area contributed by atoms with Gasteiger partial charge < -0.3 is 155 Å². The van der Waals surface area contributed by atoms with Crippen LogP contribution in [0.25, 0.3) is 0 Å². The van der Waals surface area contributed by atoms with Crippen LogP contribution in [-0.2, 0) is 76.0 Å². The monoisotopic (exact) mass is 1420 g/mol. The van der Waals surface area contributed by atoms with Gasteiger partial charge in [0.1, 0.15) is 146 Å². The summed E-state index contributed by atoms with van der Waals surface area (Å²) in [6.07, 6.45) is -32.0. The Labute approximate surface area is 571 Å². The lowest BCUT2D eigenvalue weighted by atomic mass is 9.93. The molecule has 99 heavy (non-hydrogen) atoms. The van der Waals surface area contributed by atoms with Crippen LogP contribution in [0, 0.1) is 0 Å². The molecule has 6 aliphatic rings. The largest absolute Gasteiger partial charge is 0.494 e. The number of rotatable bonds is 32. The number of unbranched alkanes of at least 4 members (excludes halogenated alkanes) is 5. The fourth-order valence-corrected chi connectivity index (χ4v) is 12.7. The van der Waals surface area contributed by atoms with Crippen molar-refractivity contribution in [1.82, 2.24) is 26.6 Å². The molecule has 0 radical (unpaired) electrons. The van der Waals surface area contributed by atoms with Crippen LogP contribution in [0.5, 0.6) is 5.75 Å². The fourth-order valence-electron chi connectivity index (χ4n) is 12.7. The smallest absolute Gasteiger partial charge is 0.251 e. The van der Waals surface area contributed by atoms with Crippen molar-refractivity contribution >= 4 is 29.5 Å². The lowest BCUT2D eigenvalue weighted by Crippen LogP contribution is -2.72. The van der Waals surface area contributed by atoms with E-state index in [0.29, 0.717) is 18.8 Å². The SMILES string of the molecule is CCCCCC/C=C\CCCOc1cccc(C(=O)N[C@@H]2C(O[C@@H]3C(CO)O[C@@H](OC4C(CO)O[C@@H](O[C@@H]5C(CO)OC(OC6C(CO[C@@H]7OC(C)C(O)[C@H](O)[C@H]7OC)O[C@@H](O)[C@@H](NC(C)=O)[C@H]6O)C(NC(C)=O)C5O)[C@@H](NC(C)=O)[C@H]4O)C(NC(C)=O)C3O)OC(CO)[C@@H](O)[C@@H]2O)c1. The topological polar surface area (TPSA) is 528 Å². The molecule has 18 N–H and O–H groups in total. The molecule has 0 bridgehead atoms. The molecule has 6 saturated heterocycles. The van der Waals surface area contributed by atoms with Gasteiger partial charge in [-0.25, -0.2) is 0 Å². The molecule has 6 heterocycles. The third-order valence-corrected chi connectivity index (χ3v) is 17.8. The van der Waals surface area contributed by atoms with Crippen molar-refractivity contribution in [1.29, 1.82) is 0 Å². The summed E-state index contributed by atoms with van der Waals surface area (Å²) < 4.78 is 77.9. The van der Waals surface area contributed by atoms with Gasteiger partial charge in [-0.15, -0.1) is 0 Å². The number of ether oxygens (including phenoxy) is 13. The summed E-state index contributed by atoms with van der Waals surface area (Å²) >= 11 is 0. The molecule has 15 unspecified atom stereocenters. The highest BCUT2D eigenvalue weighted by atomic mass is 16.8. The van der Waals surface area contributed by atoms with Gasteiger partial charge in [-0.1, -0.05) is 44.4 Å². The number of hydrogen-bond donors (Lipinski definition) is 18. The van der Waals surface area contributed by atoms with Gasteiger partial charge in [-0.2, -0.15) is 0 Å². The first kappa shape index (κ1) is 81.4. The minimum Gasteiger partial charge on any atom is -0.494 e. The molecule has 564 valence electrons. The highest BCUT2D eigenvalue weighted by molar-refractivity contribution is 5.94. The van der Waals surface area contributed by atoms with Crippen LogP contribution < -0.4 is 31.3 Å². The average molecular weight is 1420 g/mol. The van der Waals surface area contributed by atoms with Crippen molar-refractivity contribution in [3.8, 4) is 5.75 Å². The highest BCUT2D eigenvalue weighted by Gasteiger charge is 2.58. The number of allylic oxidation sites excluding steroid dienone is 2. The minimum atomic E-state index is -2.07. The summed E-state index contributed by atoms with van der Waals surface area (Å²) in [5.74, 6) is -3.67. The van der Waals surface area contributed by atoms with Gasteiger partial charge in [0.25, 0.3) is 5.91 Å². The van der Waals surface area contributed by atoms with Gasteiger partial charge in [0, 0.05) is 40.4 Å². The summed E-state index contributed by atoms with van der Waals surface area (Å²) in [6.45, 7) is 3.52. The Morgan fingerprint density at radius 2 is 0.899 bits per heavy atom. The van der Waals surface area contributed by atoms with Crippen LogP contribution in [0.4, 0.5) is 0 Å². The zero-order valence-electron chi connectivity index (χ0n) is 56.1. The van der Waals surface area contributed by atoms with E-state index in [0.717, 1.165) is 53.4 Å². The Hall–Kier alpha value is -4.89. The molecule has 30 atom stereocenters. The van der Waals surface area contributed by atoms with E-state index in [4.69, 9.17) is 61.6 Å². The first-order chi connectivity index (χ1) is 47.2. The molecule has 0 spiro atoms. The third-order valence-electron chi connectivity index (χ3n) is 17.8. The van der Waals surface area contributed by atoms with Gasteiger partial charge in [0.15, 0.2) is 37.7 Å². The predicted octanol–water partition coefficient (Wildman–Crippen LogP) is -6.72. The van der Waals surface area contributed by atoms with Gasteiger partial charge in [-0.05, 0) is 50.8 Å². The minimum absolute atomic E-state index is 0.0482. The second-order valence-electron chi connectivity index (χ2n) is 25.3. The predicted molar refractivity (Wildman–Crippen MR) is 333 cm³/mol. The van der Waals surface area contributed by atoms with Crippen molar-refractivity contribution in [2.45, 2.75) is 270 Å². The standard InChI is InChI=1S/C63H101N5O31/c1-8-9-10-11-12-13-14-15-16-20-88-33-19-17-18-32(21-33)57(85)68-40-46(79)45(78)34(22-69)92-59(40)96-52-35(23-70)93-60(41(48(52)81)65-29(4)74)97-53-36(24-71)94-61(42(49(53)82)66-30(5)75)98-54-37(25-72)95-62(43(50(54)83)67-31(6)76)99-55-38(91-58(86)39(47(55)80)64-28(3)73)26-89-63-56(87-7)51(84)44(77)27(2)90-63/h13-14,17-19,21,27,34-56,58-63,69-72,77-84,86H,8-12,15-16,20,22-26H2,1-7H3,(H,64,73)(H,65,74)(H,66,75)(H,67,76)(H,68,85)/b14-13-/t27?,34?,35?,36?,37?,38?,39-,40-,41?,42-,43?,44?,45+,46+,47+,48?,49+,50?,51-,52+,53?,54+,55?,56+,58+,59?,60-,61-,62?,63+/m0/s1. The van der Waals surface area contributed by atoms with Crippen molar-refractivity contribution in [2.24, 2.45) is 0 Å². The zero-order chi connectivity index (χ0) is 72.5. The Kier molecular flexibility index (Phi) is 31.7. The molecule has 6 fully saturated rings. The maximum absolute atomic E-state index is 14.0. The maximum Gasteiger partial charge on any atom is 0.251 e. The normalized spacial score (nSPS) is 39.6. The van der Waals surface area contributed by atoms with Crippen molar-refractivity contribution in [2.75, 3.05) is 46.8 Å². The van der Waals surface area contributed by atoms with E-state index in [-0.39, 0.29) is 5.56 Å². The van der Waals surface area contributed by atoms with E-state index >= 15 is 0 Å². The van der Waals surface area contributed by atoms with Crippen LogP contribution in [-0.4, -0.2) is 327 Å². The first-order valence-electron chi connectivity index (χ1n) is 33.2. The number of amides is 5. The summed E-state index contributed by atoms with van der Waals surface area (Å²) in [6, 6.07) is -2.45. The molecule has 5 amide bonds. The Morgan fingerprint density at radius 3 is 1.35 bits per heavy atom. The van der Waals surface area contributed by atoms with E-state index in [2.05, 4.69) is 45.7 Å². The number of aliphatic hydroxyl groups is 13. The molecule has 1 aromatic carbocycles. The van der Waals surface area contributed by atoms with Crippen LogP contribution in [0.15, 0.2) is 36.4 Å². The molecule has 7 rings (SSSR count). The van der Waals surface area contributed by atoms with Gasteiger partial charge >= 0.3 is 0 Å². The van der Waals surface area contributed by atoms with Crippen molar-refractivity contribution in [3.05, 3.63) is 42.0 Å². The molecular weight excluding hydrogens is 1320 g/mol. The highest BCUT2D eigenvalue weighted by Crippen LogP contribution is 2.37. The lowest BCUT2D eigenvalue weighted by molar-refractivity contribution is -0.368. The number of methoxy groups -OCH3 is 1. The molecule has 0 aromatic heterocycles. The Bertz CT molecular complexity index is 2730. The molecular formula is C63H101N5O31. The van der Waals surface area contributed by atoms with E-state index < -0.39 is 246 Å². The summed E-state index contributed by atoms with van der Waals surface area (Å²) in [7, 11) is 1.21. The number of carbonyl (C=O) groups is 5. The number of benzene rings is 1. The van der Waals surface area contributed by atoms with Gasteiger partial charge in [-0.3, -0.25) is 24.0 Å². The Morgan fingerprint density at radius 1 is 0.465 bits per heavy atom. The summed E-state index contributed by atoms with van der Waals surface area (Å²) in [5.41, 5.74) is 0.0482. The number of nitrogens with one attached hydrogen (secondary N) is 5. The van der Waals surface area contributed by atoms with Gasteiger partial charge in [0.05, 0.1) is 45.7 Å². The zero-order valence-corrected chi connectivity index (χ0v) is 56.1. The van der Waals surface area contributed by atoms with E-state index in [1.807, 2.05) is 0 Å². The van der Waals surface area contributed by atoms with Crippen LogP contribution in [0.3, 0.4) is 0 Å². The van der Waals surface area contributed by atoms with Gasteiger partial charge in [0.2, 0.25) is 23.6 Å². The molecule has 0 saturated carbocycles. The third kappa shape index (κ3) is 20.9. The summed E-state index contributed by atoms with van der Waals surface area (Å²) in [5, 5.41) is 158. The van der Waals surface area contributed by atoms with Crippen LogP contribution in [0.2, 0.25) is 0 Å². The number of hydrogen-bond acceptors (Lipinski definition) is 31. The summed E-state index contributed by atoms with van der Waals surface area (Å²) in [4.78, 5) is 65.1. The quantitative estimate of drug-likeness (QED) is 0.0235. The van der Waals surface area contributed by atoms with Crippen LogP contribution >= 0.6 is 0 Å². The van der Waals surface area contributed by atoms with Crippen molar-refractivity contribution in [3.63, 3.8) is 0 Å². The van der Waals surface area contributed by atoms with E-state index in [9.17, 15) is 90.4 Å². The number of aliphatic hydroxyl groups excluding tert-OH is 13. The molecule has 1 aromatic rings. The van der Waals surface area contributed by atoms with E-state index in [1.165, 1.54) is 39.0 Å². The second-order valence-corrected chi connectivity index (χ2v) is 25.3. The van der Waals surface area contributed by atoms with Crippen molar-refractivity contribution < 1.29 is 152 Å². The van der Waals surface area contributed by atoms with Crippen LogP contribution in [0.1, 0.15) is 96.8 Å². The fraction of sp³-hybridized carbons (Fsp3) is 0.794. The average Bonchev–Trinajstić information content (AvgIpc) is 0.791. The van der Waals surface area contributed by atoms with E-state index in [1.54, 1.807) is 12.1 Å². The molecule has 36 heteroatoms. The first-order valence-corrected chi connectivity index (χ1v) is 33.2. The second kappa shape index (κ2) is 38.6. The lowest BCUT2D eigenvalue weighted by Gasteiger charge is -2.51. The molecule has 36 nitrogen and oxygen atoms in total. The number of carbonyl (C=O) groups excluding carboxylic acids is 5. The molecule has 0 aliphatic carbocycles. The maximum atomic E-state index is 14.0. The molecule has 6 aliphatic heterocycles. The Balaban J connectivity index is 1.07.